The predicted molar refractivity (Wildman–Crippen MR) is 86.2 cm³/mol. The molecule has 1 atom stereocenters. The molecule has 0 spiro atoms. The van der Waals surface area contributed by atoms with E-state index in [4.69, 9.17) is 0 Å². The van der Waals surface area contributed by atoms with Crippen molar-refractivity contribution < 1.29 is 8.42 Å². The predicted octanol–water partition coefficient (Wildman–Crippen LogP) is 2.19. The van der Waals surface area contributed by atoms with Crippen molar-refractivity contribution in [3.05, 3.63) is 47.8 Å². The minimum atomic E-state index is -3.63. The summed E-state index contributed by atoms with van der Waals surface area (Å²) < 4.78 is 27.6. The topological polar surface area (TPSA) is 76.1 Å². The fourth-order valence-corrected chi connectivity index (χ4v) is 4.91. The van der Waals surface area contributed by atoms with Crippen LogP contribution in [-0.4, -0.2) is 34.2 Å². The van der Waals surface area contributed by atoms with Crippen LogP contribution in [0, 0.1) is 13.8 Å². The summed E-state index contributed by atoms with van der Waals surface area (Å²) in [6.45, 7) is 6.17. The molecule has 0 aromatic carbocycles. The van der Waals surface area contributed by atoms with Crippen molar-refractivity contribution in [2.75, 3.05) is 6.54 Å². The second kappa shape index (κ2) is 5.65. The molecule has 1 aliphatic rings. The highest BCUT2D eigenvalue weighted by Gasteiger charge is 2.47. The van der Waals surface area contributed by atoms with Crippen molar-refractivity contribution in [2.24, 2.45) is 0 Å². The van der Waals surface area contributed by atoms with E-state index in [2.05, 4.69) is 15.0 Å². The van der Waals surface area contributed by atoms with E-state index >= 15 is 0 Å². The molecule has 0 aliphatic carbocycles. The number of nitrogens with zero attached hydrogens (tertiary/aromatic N) is 4. The van der Waals surface area contributed by atoms with Gasteiger partial charge in [0.2, 0.25) is 10.0 Å². The number of sulfonamides is 1. The fraction of sp³-hybridized carbons (Fsp3) is 0.438. The van der Waals surface area contributed by atoms with Crippen molar-refractivity contribution in [3.63, 3.8) is 0 Å². The first-order chi connectivity index (χ1) is 10.8. The molecule has 0 saturated carbocycles. The van der Waals surface area contributed by atoms with Gasteiger partial charge in [0.1, 0.15) is 10.7 Å². The standard InChI is InChI=1S/C16H20N4O2S/c1-12-10-13(2)19-15(18-12)16(3)7-5-9-20(16)23(21,22)14-6-4-8-17-11-14/h4,6,8,10-11H,5,7,9H2,1-3H3/t16-/m0/s1. The van der Waals surface area contributed by atoms with E-state index in [0.717, 1.165) is 17.8 Å². The smallest absolute Gasteiger partial charge is 0.245 e. The molecule has 0 amide bonds. The molecule has 3 rings (SSSR count). The highest BCUT2D eigenvalue weighted by atomic mass is 32.2. The number of hydrogen-bond acceptors (Lipinski definition) is 5. The van der Waals surface area contributed by atoms with Crippen LogP contribution in [-0.2, 0) is 15.6 Å². The molecular weight excluding hydrogens is 312 g/mol. The summed E-state index contributed by atoms with van der Waals surface area (Å²) in [5, 5.41) is 0. The maximum absolute atomic E-state index is 13.0. The van der Waals surface area contributed by atoms with Gasteiger partial charge in [0.05, 0.1) is 5.54 Å². The first-order valence-electron chi connectivity index (χ1n) is 7.60. The Morgan fingerprint density at radius 2 is 1.91 bits per heavy atom. The zero-order chi connectivity index (χ0) is 16.7. The van der Waals surface area contributed by atoms with Crippen LogP contribution < -0.4 is 0 Å². The van der Waals surface area contributed by atoms with E-state index in [1.54, 1.807) is 18.3 Å². The third-order valence-electron chi connectivity index (χ3n) is 4.26. The average molecular weight is 332 g/mol. The minimum absolute atomic E-state index is 0.206. The molecule has 0 N–H and O–H groups in total. The maximum atomic E-state index is 13.0. The molecule has 1 saturated heterocycles. The van der Waals surface area contributed by atoms with E-state index in [0.29, 0.717) is 18.8 Å². The summed E-state index contributed by atoms with van der Waals surface area (Å²) in [4.78, 5) is 13.2. The molecule has 0 radical (unpaired) electrons. The van der Waals surface area contributed by atoms with Crippen molar-refractivity contribution in [1.29, 1.82) is 0 Å². The van der Waals surface area contributed by atoms with Crippen molar-refractivity contribution in [2.45, 2.75) is 44.0 Å². The third kappa shape index (κ3) is 2.74. The molecule has 2 aromatic heterocycles. The van der Waals surface area contributed by atoms with Gasteiger partial charge in [0.15, 0.2) is 0 Å². The van der Waals surface area contributed by atoms with Crippen LogP contribution in [0.4, 0.5) is 0 Å². The van der Waals surface area contributed by atoms with Gasteiger partial charge in [0, 0.05) is 30.3 Å². The Morgan fingerprint density at radius 1 is 1.22 bits per heavy atom. The lowest BCUT2D eigenvalue weighted by Crippen LogP contribution is -2.44. The second-order valence-corrected chi connectivity index (χ2v) is 7.98. The number of hydrogen-bond donors (Lipinski definition) is 0. The molecule has 3 heterocycles. The van der Waals surface area contributed by atoms with Crippen LogP contribution >= 0.6 is 0 Å². The lowest BCUT2D eigenvalue weighted by Gasteiger charge is -2.33. The number of aromatic nitrogens is 3. The summed E-state index contributed by atoms with van der Waals surface area (Å²) in [5.41, 5.74) is 0.963. The van der Waals surface area contributed by atoms with Crippen molar-refractivity contribution in [3.8, 4) is 0 Å². The quantitative estimate of drug-likeness (QED) is 0.861. The number of pyridine rings is 1. The van der Waals surface area contributed by atoms with Crippen LogP contribution in [0.2, 0.25) is 0 Å². The highest BCUT2D eigenvalue weighted by molar-refractivity contribution is 7.89. The highest BCUT2D eigenvalue weighted by Crippen LogP contribution is 2.40. The Balaban J connectivity index is 2.09. The fourth-order valence-electron chi connectivity index (χ4n) is 3.14. The van der Waals surface area contributed by atoms with Gasteiger partial charge in [-0.3, -0.25) is 4.98 Å². The largest absolute Gasteiger partial charge is 0.263 e. The van der Waals surface area contributed by atoms with Gasteiger partial charge in [-0.2, -0.15) is 4.31 Å². The molecule has 7 heteroatoms. The molecule has 1 fully saturated rings. The van der Waals surface area contributed by atoms with Gasteiger partial charge in [-0.1, -0.05) is 0 Å². The molecule has 23 heavy (non-hydrogen) atoms. The second-order valence-electron chi connectivity index (χ2n) is 6.12. The average Bonchev–Trinajstić information content (AvgIpc) is 2.91. The number of rotatable bonds is 3. The van der Waals surface area contributed by atoms with Gasteiger partial charge in [0.25, 0.3) is 0 Å². The monoisotopic (exact) mass is 332 g/mol. The van der Waals surface area contributed by atoms with Crippen LogP contribution in [0.15, 0.2) is 35.5 Å². The van der Waals surface area contributed by atoms with Gasteiger partial charge in [-0.15, -0.1) is 0 Å². The molecular formula is C16H20N4O2S. The number of aryl methyl sites for hydroxylation is 2. The lowest BCUT2D eigenvalue weighted by molar-refractivity contribution is 0.254. The molecule has 6 nitrogen and oxygen atoms in total. The maximum Gasteiger partial charge on any atom is 0.245 e. The Labute approximate surface area is 136 Å². The van der Waals surface area contributed by atoms with Crippen LogP contribution in [0.5, 0.6) is 0 Å². The minimum Gasteiger partial charge on any atom is -0.263 e. The van der Waals surface area contributed by atoms with Crippen molar-refractivity contribution >= 4 is 10.0 Å². The normalized spacial score (nSPS) is 22.4. The third-order valence-corrected chi connectivity index (χ3v) is 6.26. The molecule has 1 aliphatic heterocycles. The lowest BCUT2D eigenvalue weighted by atomic mass is 9.99. The van der Waals surface area contributed by atoms with E-state index in [1.165, 1.54) is 10.5 Å². The molecule has 0 bridgehead atoms. The molecule has 0 unspecified atom stereocenters. The van der Waals surface area contributed by atoms with E-state index in [9.17, 15) is 8.42 Å². The Morgan fingerprint density at radius 3 is 2.52 bits per heavy atom. The summed E-state index contributed by atoms with van der Waals surface area (Å²) in [5.74, 6) is 0.569. The molecule has 122 valence electrons. The zero-order valence-electron chi connectivity index (χ0n) is 13.5. The van der Waals surface area contributed by atoms with E-state index in [1.807, 2.05) is 26.8 Å². The van der Waals surface area contributed by atoms with E-state index in [-0.39, 0.29) is 4.90 Å². The molecule has 2 aromatic rings. The van der Waals surface area contributed by atoms with Gasteiger partial charge in [-0.25, -0.2) is 18.4 Å². The first kappa shape index (κ1) is 16.0. The SMILES string of the molecule is Cc1cc(C)nc([C@]2(C)CCCN2S(=O)(=O)c2cccnc2)n1. The summed E-state index contributed by atoms with van der Waals surface area (Å²) in [6, 6.07) is 5.10. The van der Waals surface area contributed by atoms with Gasteiger partial charge in [-0.05, 0) is 51.8 Å². The van der Waals surface area contributed by atoms with Gasteiger partial charge < -0.3 is 0 Å². The van der Waals surface area contributed by atoms with Crippen LogP contribution in [0.3, 0.4) is 0 Å². The summed E-state index contributed by atoms with van der Waals surface area (Å²) in [6.07, 6.45) is 4.44. The van der Waals surface area contributed by atoms with Crippen molar-refractivity contribution in [1.82, 2.24) is 19.3 Å². The Kier molecular flexibility index (Phi) is 3.93. The van der Waals surface area contributed by atoms with Crippen LogP contribution in [0.25, 0.3) is 0 Å². The Bertz CT molecular complexity index is 803. The zero-order valence-corrected chi connectivity index (χ0v) is 14.3. The van der Waals surface area contributed by atoms with Gasteiger partial charge >= 0.3 is 0 Å². The van der Waals surface area contributed by atoms with E-state index < -0.39 is 15.6 Å². The first-order valence-corrected chi connectivity index (χ1v) is 9.04. The summed E-state index contributed by atoms with van der Waals surface area (Å²) in [7, 11) is -3.63. The summed E-state index contributed by atoms with van der Waals surface area (Å²) >= 11 is 0. The Hall–Kier alpha value is -1.86. The van der Waals surface area contributed by atoms with Crippen LogP contribution in [0.1, 0.15) is 37.0 Å².